The van der Waals surface area contributed by atoms with Crippen LogP contribution in [0.1, 0.15) is 43.0 Å². The van der Waals surface area contributed by atoms with Gasteiger partial charge in [0.2, 0.25) is 0 Å². The topological polar surface area (TPSA) is 59.0 Å². The van der Waals surface area contributed by atoms with Gasteiger partial charge in [0.1, 0.15) is 5.82 Å². The molecule has 2 amide bonds. The minimum Gasteiger partial charge on any atom is -0.334 e. The number of urea groups is 1. The second-order valence-corrected chi connectivity index (χ2v) is 11.3. The summed E-state index contributed by atoms with van der Waals surface area (Å²) in [7, 11) is 0. The van der Waals surface area contributed by atoms with Crippen LogP contribution in [-0.4, -0.2) is 28.0 Å². The number of anilines is 1. The van der Waals surface area contributed by atoms with Gasteiger partial charge in [-0.2, -0.15) is 18.3 Å². The molecule has 3 aliphatic rings. The average Bonchev–Trinajstić information content (AvgIpc) is 3.29. The van der Waals surface area contributed by atoms with E-state index in [9.17, 15) is 22.4 Å². The molecule has 9 heteroatoms. The van der Waals surface area contributed by atoms with Gasteiger partial charge in [0.05, 0.1) is 23.5 Å². The standard InChI is InChI=1S/C31H30F4N4O/c1-18-4-3-5-22(14-18)37-29(40)38-28-24-11-6-20-15-27-19(17-36-39(27)23-9-7-21(32)8-10-23)16-30(20,2)25(24)12-13-26(28)31(33,34)35/h3-5,7-10,12,14-15,17,24,26,28H,6,11,13,16H2,1-2H3,(H2,37,38,40)/t24?,26-,28-,30+/m1/s1. The van der Waals surface area contributed by atoms with Crippen LogP contribution in [0.5, 0.6) is 0 Å². The fraction of sp³-hybridized carbons (Fsp3) is 0.355. The smallest absolute Gasteiger partial charge is 0.334 e. The Labute approximate surface area is 230 Å². The number of amides is 2. The van der Waals surface area contributed by atoms with Gasteiger partial charge >= 0.3 is 12.2 Å². The summed E-state index contributed by atoms with van der Waals surface area (Å²) in [6.45, 7) is 3.97. The van der Waals surface area contributed by atoms with Crippen molar-refractivity contribution in [1.29, 1.82) is 0 Å². The molecule has 0 spiro atoms. The van der Waals surface area contributed by atoms with Crippen molar-refractivity contribution >= 4 is 17.8 Å². The van der Waals surface area contributed by atoms with Crippen LogP contribution in [0.2, 0.25) is 0 Å². The van der Waals surface area contributed by atoms with E-state index < -0.39 is 35.5 Å². The van der Waals surface area contributed by atoms with Crippen LogP contribution < -0.4 is 10.6 Å². The molecule has 0 bridgehead atoms. The van der Waals surface area contributed by atoms with Crippen LogP contribution in [-0.2, 0) is 6.42 Å². The van der Waals surface area contributed by atoms with E-state index in [0.717, 1.165) is 33.7 Å². The van der Waals surface area contributed by atoms with Crippen molar-refractivity contribution in [3.05, 3.63) is 94.6 Å². The van der Waals surface area contributed by atoms with Gasteiger partial charge in [0, 0.05) is 23.1 Å². The Kier molecular flexibility index (Phi) is 6.35. The van der Waals surface area contributed by atoms with E-state index in [1.165, 1.54) is 12.1 Å². The molecule has 3 aromatic rings. The number of hydrogen-bond acceptors (Lipinski definition) is 2. The molecule has 208 valence electrons. The van der Waals surface area contributed by atoms with Gasteiger partial charge in [-0.05, 0) is 86.2 Å². The molecule has 2 N–H and O–H groups in total. The van der Waals surface area contributed by atoms with Crippen LogP contribution in [0, 0.1) is 30.0 Å². The number of benzene rings is 2. The van der Waals surface area contributed by atoms with E-state index in [1.54, 1.807) is 47.3 Å². The maximum atomic E-state index is 14.2. The maximum Gasteiger partial charge on any atom is 0.394 e. The number of hydrogen-bond donors (Lipinski definition) is 2. The molecular formula is C31H30F4N4O. The molecule has 1 fully saturated rings. The van der Waals surface area contributed by atoms with E-state index in [4.69, 9.17) is 0 Å². The third-order valence-corrected chi connectivity index (χ3v) is 8.74. The highest BCUT2D eigenvalue weighted by molar-refractivity contribution is 5.89. The quantitative estimate of drug-likeness (QED) is 0.264. The number of aromatic nitrogens is 2. The number of alkyl halides is 3. The molecule has 1 unspecified atom stereocenters. The lowest BCUT2D eigenvalue weighted by Crippen LogP contribution is -2.56. The minimum atomic E-state index is -4.45. The molecular weight excluding hydrogens is 520 g/mol. The summed E-state index contributed by atoms with van der Waals surface area (Å²) < 4.78 is 58.0. The van der Waals surface area contributed by atoms with E-state index in [0.29, 0.717) is 24.9 Å². The number of halogens is 4. The van der Waals surface area contributed by atoms with Gasteiger partial charge in [-0.15, -0.1) is 0 Å². The molecule has 4 atom stereocenters. The van der Waals surface area contributed by atoms with E-state index >= 15 is 0 Å². The summed E-state index contributed by atoms with van der Waals surface area (Å²) in [6.07, 6.45) is 2.71. The number of fused-ring (bicyclic) bond motifs is 4. The lowest BCUT2D eigenvalue weighted by molar-refractivity contribution is -0.186. The molecule has 1 aromatic heterocycles. The molecule has 0 radical (unpaired) electrons. The highest BCUT2D eigenvalue weighted by Gasteiger charge is 2.54. The summed E-state index contributed by atoms with van der Waals surface area (Å²) in [5, 5.41) is 9.99. The zero-order valence-electron chi connectivity index (χ0n) is 22.2. The van der Waals surface area contributed by atoms with Crippen molar-refractivity contribution in [3.8, 4) is 5.69 Å². The Morgan fingerprint density at radius 3 is 2.65 bits per heavy atom. The lowest BCUT2D eigenvalue weighted by atomic mass is 9.55. The summed E-state index contributed by atoms with van der Waals surface area (Å²) >= 11 is 0. The Hall–Kier alpha value is -3.88. The fourth-order valence-corrected chi connectivity index (χ4v) is 6.81. The van der Waals surface area contributed by atoms with Crippen molar-refractivity contribution in [2.75, 3.05) is 5.32 Å². The van der Waals surface area contributed by atoms with Crippen molar-refractivity contribution in [2.45, 2.75) is 51.7 Å². The van der Waals surface area contributed by atoms with Crippen LogP contribution in [0.15, 0.2) is 72.0 Å². The van der Waals surface area contributed by atoms with Crippen LogP contribution in [0.3, 0.4) is 0 Å². The van der Waals surface area contributed by atoms with Crippen molar-refractivity contribution in [1.82, 2.24) is 15.1 Å². The average molecular weight is 551 g/mol. The lowest BCUT2D eigenvalue weighted by Gasteiger charge is -2.51. The SMILES string of the molecule is Cc1cccc(NC(=O)N[C@@H]2C3CCC4=Cc5c(cnn5-c5ccc(F)cc5)C[C@]4(C)C3=CC[C@H]2C(F)(F)F)c1. The second-order valence-electron chi connectivity index (χ2n) is 11.3. The molecule has 6 rings (SSSR count). The first-order chi connectivity index (χ1) is 19.0. The van der Waals surface area contributed by atoms with Crippen molar-refractivity contribution < 1.29 is 22.4 Å². The highest BCUT2D eigenvalue weighted by atomic mass is 19.4. The highest BCUT2D eigenvalue weighted by Crippen LogP contribution is 2.57. The maximum absolute atomic E-state index is 14.2. The molecule has 0 aliphatic heterocycles. The van der Waals surface area contributed by atoms with E-state index in [2.05, 4.69) is 28.7 Å². The van der Waals surface area contributed by atoms with Crippen molar-refractivity contribution in [3.63, 3.8) is 0 Å². The first kappa shape index (κ1) is 26.3. The van der Waals surface area contributed by atoms with Crippen LogP contribution >= 0.6 is 0 Å². The fourth-order valence-electron chi connectivity index (χ4n) is 6.81. The number of aryl methyl sites for hydroxylation is 1. The first-order valence-electron chi connectivity index (χ1n) is 13.5. The number of carbonyl (C=O) groups excluding carboxylic acids is 1. The molecule has 5 nitrogen and oxygen atoms in total. The zero-order valence-corrected chi connectivity index (χ0v) is 22.2. The number of nitrogens with one attached hydrogen (secondary N) is 2. The van der Waals surface area contributed by atoms with Gasteiger partial charge < -0.3 is 10.6 Å². The molecule has 2 aromatic carbocycles. The molecule has 1 saturated carbocycles. The monoisotopic (exact) mass is 550 g/mol. The Morgan fingerprint density at radius 1 is 1.15 bits per heavy atom. The zero-order chi connectivity index (χ0) is 28.2. The molecule has 0 saturated heterocycles. The normalized spacial score (nSPS) is 25.6. The van der Waals surface area contributed by atoms with E-state index in [-0.39, 0.29) is 12.2 Å². The van der Waals surface area contributed by atoms with Gasteiger partial charge in [-0.3, -0.25) is 0 Å². The third kappa shape index (κ3) is 4.61. The Balaban J connectivity index is 1.31. The number of rotatable bonds is 3. The van der Waals surface area contributed by atoms with Gasteiger partial charge in [-0.25, -0.2) is 13.9 Å². The first-order valence-corrected chi connectivity index (χ1v) is 13.5. The molecule has 3 aliphatic carbocycles. The van der Waals surface area contributed by atoms with Gasteiger partial charge in [0.15, 0.2) is 0 Å². The van der Waals surface area contributed by atoms with Crippen molar-refractivity contribution in [2.24, 2.45) is 17.3 Å². The van der Waals surface area contributed by atoms with Gasteiger partial charge in [0.25, 0.3) is 0 Å². The van der Waals surface area contributed by atoms with E-state index in [1.807, 2.05) is 13.0 Å². The summed E-state index contributed by atoms with van der Waals surface area (Å²) in [6, 6.07) is 11.6. The predicted octanol–water partition coefficient (Wildman–Crippen LogP) is 7.37. The Morgan fingerprint density at radius 2 is 1.93 bits per heavy atom. The number of nitrogens with zero attached hydrogens (tertiary/aromatic N) is 2. The summed E-state index contributed by atoms with van der Waals surface area (Å²) in [4.78, 5) is 13.0. The second kappa shape index (κ2) is 9.64. The van der Waals surface area contributed by atoms with Crippen LogP contribution in [0.25, 0.3) is 11.8 Å². The summed E-state index contributed by atoms with van der Waals surface area (Å²) in [5.41, 5.74) is 5.72. The Bertz CT molecular complexity index is 1520. The van der Waals surface area contributed by atoms with Crippen LogP contribution in [0.4, 0.5) is 28.0 Å². The molecule has 40 heavy (non-hydrogen) atoms. The number of carbonyl (C=O) groups is 1. The van der Waals surface area contributed by atoms with Gasteiger partial charge in [-0.1, -0.05) is 36.3 Å². The number of allylic oxidation sites excluding steroid dienone is 2. The summed E-state index contributed by atoms with van der Waals surface area (Å²) in [5.74, 6) is -2.44. The predicted molar refractivity (Wildman–Crippen MR) is 145 cm³/mol. The largest absolute Gasteiger partial charge is 0.394 e. The molecule has 1 heterocycles. The minimum absolute atomic E-state index is 0.185. The third-order valence-electron chi connectivity index (χ3n) is 8.74.